The highest BCUT2D eigenvalue weighted by molar-refractivity contribution is 7.18. The Labute approximate surface area is 128 Å². The monoisotopic (exact) mass is 304 g/mol. The van der Waals surface area contributed by atoms with E-state index in [0.29, 0.717) is 6.54 Å². The lowest BCUT2D eigenvalue weighted by Crippen LogP contribution is -2.57. The number of likely N-dealkylation sites (N-methyl/N-ethyl adjacent to an activating group) is 1. The number of fused-ring (bicyclic) bond motifs is 1. The Morgan fingerprint density at radius 1 is 1.52 bits per heavy atom. The molecule has 3 rings (SSSR count). The fourth-order valence-corrected chi connectivity index (χ4v) is 3.84. The van der Waals surface area contributed by atoms with Crippen LogP contribution in [-0.4, -0.2) is 48.5 Å². The molecule has 2 N–H and O–H groups in total. The van der Waals surface area contributed by atoms with Gasteiger partial charge in [-0.2, -0.15) is 0 Å². The van der Waals surface area contributed by atoms with Crippen LogP contribution in [0.15, 0.2) is 24.3 Å². The molecule has 2 heterocycles. The molecular formula is C15H20N4OS. The second-order valence-electron chi connectivity index (χ2n) is 5.27. The van der Waals surface area contributed by atoms with Gasteiger partial charge in [-0.05, 0) is 19.1 Å². The van der Waals surface area contributed by atoms with E-state index >= 15 is 0 Å². The second-order valence-corrected chi connectivity index (χ2v) is 6.33. The van der Waals surface area contributed by atoms with E-state index in [0.717, 1.165) is 23.6 Å². The third-order valence-corrected chi connectivity index (χ3v) is 5.21. The van der Waals surface area contributed by atoms with Gasteiger partial charge < -0.3 is 10.6 Å². The summed E-state index contributed by atoms with van der Waals surface area (Å²) < 4.78 is 1.20. The molecule has 1 aromatic heterocycles. The van der Waals surface area contributed by atoms with E-state index in [1.165, 1.54) is 4.70 Å². The third kappa shape index (κ3) is 2.79. The highest BCUT2D eigenvalue weighted by atomic mass is 32.1. The van der Waals surface area contributed by atoms with E-state index in [1.807, 2.05) is 18.2 Å². The molecule has 0 aliphatic carbocycles. The number of aromatic nitrogens is 1. The topological polar surface area (TPSA) is 57.3 Å². The summed E-state index contributed by atoms with van der Waals surface area (Å²) in [5.41, 5.74) is 1.04. The molecule has 1 saturated heterocycles. The molecule has 1 fully saturated rings. The molecule has 0 saturated carbocycles. The molecule has 0 radical (unpaired) electrons. The Bertz CT molecular complexity index is 608. The molecule has 0 bridgehead atoms. The molecule has 2 atom stereocenters. The van der Waals surface area contributed by atoms with Gasteiger partial charge in [0.05, 0.1) is 16.3 Å². The predicted molar refractivity (Wildman–Crippen MR) is 85.5 cm³/mol. The van der Waals surface area contributed by atoms with Crippen LogP contribution in [0.5, 0.6) is 0 Å². The van der Waals surface area contributed by atoms with Crippen LogP contribution < -0.4 is 10.6 Å². The minimum absolute atomic E-state index is 0.0650. The Morgan fingerprint density at radius 2 is 2.33 bits per heavy atom. The van der Waals surface area contributed by atoms with E-state index in [9.17, 15) is 4.79 Å². The highest BCUT2D eigenvalue weighted by Gasteiger charge is 2.32. The summed E-state index contributed by atoms with van der Waals surface area (Å²) in [6.07, 6.45) is 0. The van der Waals surface area contributed by atoms with E-state index in [4.69, 9.17) is 4.98 Å². The quantitative estimate of drug-likeness (QED) is 0.899. The van der Waals surface area contributed by atoms with E-state index in [1.54, 1.807) is 18.4 Å². The zero-order valence-electron chi connectivity index (χ0n) is 12.3. The van der Waals surface area contributed by atoms with Crippen molar-refractivity contribution in [3.05, 3.63) is 29.3 Å². The Kier molecular flexibility index (Phi) is 4.19. The molecule has 2 unspecified atom stereocenters. The third-order valence-electron chi connectivity index (χ3n) is 4.00. The van der Waals surface area contributed by atoms with Crippen molar-refractivity contribution in [2.75, 3.05) is 26.7 Å². The maximum Gasteiger partial charge on any atom is 0.238 e. The zero-order valence-corrected chi connectivity index (χ0v) is 13.1. The van der Waals surface area contributed by atoms with Crippen molar-refractivity contribution in [2.24, 2.45) is 0 Å². The number of amides is 1. The Balaban J connectivity index is 1.88. The van der Waals surface area contributed by atoms with Crippen LogP contribution in [0.25, 0.3) is 10.2 Å². The minimum atomic E-state index is -0.134. The number of thiazole rings is 1. The van der Waals surface area contributed by atoms with Crippen LogP contribution in [0.4, 0.5) is 0 Å². The molecular weight excluding hydrogens is 284 g/mol. The molecule has 1 aromatic carbocycles. The van der Waals surface area contributed by atoms with Gasteiger partial charge in [-0.15, -0.1) is 11.3 Å². The number of benzene rings is 1. The molecule has 0 spiro atoms. The smallest absolute Gasteiger partial charge is 0.238 e. The summed E-state index contributed by atoms with van der Waals surface area (Å²) in [6, 6.07) is 8.19. The summed E-state index contributed by atoms with van der Waals surface area (Å²) in [4.78, 5) is 19.1. The molecule has 112 valence electrons. The lowest BCUT2D eigenvalue weighted by Gasteiger charge is -2.38. The second kappa shape index (κ2) is 6.09. The zero-order chi connectivity index (χ0) is 14.8. The van der Waals surface area contributed by atoms with Crippen LogP contribution in [0.2, 0.25) is 0 Å². The number of piperazine rings is 1. The normalized spacial score (nSPS) is 21.3. The van der Waals surface area contributed by atoms with Crippen molar-refractivity contribution >= 4 is 27.5 Å². The fraction of sp³-hybridized carbons (Fsp3) is 0.467. The van der Waals surface area contributed by atoms with Gasteiger partial charge in [0, 0.05) is 26.7 Å². The van der Waals surface area contributed by atoms with Crippen LogP contribution in [0, 0.1) is 0 Å². The van der Waals surface area contributed by atoms with Gasteiger partial charge >= 0.3 is 0 Å². The van der Waals surface area contributed by atoms with Crippen molar-refractivity contribution in [3.8, 4) is 0 Å². The van der Waals surface area contributed by atoms with Crippen molar-refractivity contribution in [1.82, 2.24) is 20.5 Å². The van der Waals surface area contributed by atoms with Gasteiger partial charge in [0.15, 0.2) is 0 Å². The number of nitrogens with zero attached hydrogens (tertiary/aromatic N) is 2. The maximum atomic E-state index is 12.1. The van der Waals surface area contributed by atoms with Gasteiger partial charge in [-0.1, -0.05) is 12.1 Å². The average molecular weight is 304 g/mol. The molecule has 1 aliphatic heterocycles. The molecule has 21 heavy (non-hydrogen) atoms. The first-order chi connectivity index (χ1) is 10.2. The van der Waals surface area contributed by atoms with Crippen molar-refractivity contribution in [1.29, 1.82) is 0 Å². The summed E-state index contributed by atoms with van der Waals surface area (Å²) in [5, 5.41) is 7.13. The van der Waals surface area contributed by atoms with E-state index < -0.39 is 0 Å². The van der Waals surface area contributed by atoms with Crippen LogP contribution in [-0.2, 0) is 4.79 Å². The first-order valence-corrected chi connectivity index (χ1v) is 8.06. The number of hydrogen-bond donors (Lipinski definition) is 2. The lowest BCUT2D eigenvalue weighted by atomic mass is 10.1. The van der Waals surface area contributed by atoms with Crippen molar-refractivity contribution in [3.63, 3.8) is 0 Å². The fourth-order valence-electron chi connectivity index (χ4n) is 2.80. The number of nitrogens with one attached hydrogen (secondary N) is 2. The van der Waals surface area contributed by atoms with Crippen LogP contribution >= 0.6 is 11.3 Å². The molecule has 5 nitrogen and oxygen atoms in total. The first kappa shape index (κ1) is 14.4. The van der Waals surface area contributed by atoms with Gasteiger partial charge in [0.25, 0.3) is 0 Å². The van der Waals surface area contributed by atoms with Gasteiger partial charge in [-0.3, -0.25) is 9.69 Å². The first-order valence-electron chi connectivity index (χ1n) is 7.24. The van der Waals surface area contributed by atoms with E-state index in [-0.39, 0.29) is 18.0 Å². The minimum Gasteiger partial charge on any atom is -0.358 e. The average Bonchev–Trinajstić information content (AvgIpc) is 2.97. The molecule has 6 heteroatoms. The highest BCUT2D eigenvalue weighted by Crippen LogP contribution is 2.30. The number of para-hydroxylation sites is 1. The SMILES string of the molecule is CNC(=O)C1CNCCN1C(C)c1nc2ccccc2s1. The number of rotatable bonds is 3. The van der Waals surface area contributed by atoms with Crippen LogP contribution in [0.3, 0.4) is 0 Å². The standard InChI is InChI=1S/C15H20N4OS/c1-10(15-18-11-5-3-4-6-13(11)21-15)19-8-7-17-9-12(19)14(20)16-2/h3-6,10,12,17H,7-9H2,1-2H3,(H,16,20). The molecule has 1 amide bonds. The Morgan fingerprint density at radius 3 is 3.10 bits per heavy atom. The largest absolute Gasteiger partial charge is 0.358 e. The molecule has 2 aromatic rings. The number of hydrogen-bond acceptors (Lipinski definition) is 5. The van der Waals surface area contributed by atoms with Crippen molar-refractivity contribution < 1.29 is 4.79 Å². The summed E-state index contributed by atoms with van der Waals surface area (Å²) in [7, 11) is 1.69. The van der Waals surface area contributed by atoms with Gasteiger partial charge in [0.2, 0.25) is 5.91 Å². The Hall–Kier alpha value is -1.50. The van der Waals surface area contributed by atoms with Crippen LogP contribution in [0.1, 0.15) is 18.0 Å². The predicted octanol–water partition coefficient (Wildman–Crippen LogP) is 1.38. The van der Waals surface area contributed by atoms with Gasteiger partial charge in [-0.25, -0.2) is 4.98 Å². The molecule has 1 aliphatic rings. The van der Waals surface area contributed by atoms with Gasteiger partial charge in [0.1, 0.15) is 11.0 Å². The summed E-state index contributed by atoms with van der Waals surface area (Å²) in [5.74, 6) is 0.0650. The van der Waals surface area contributed by atoms with E-state index in [2.05, 4.69) is 28.5 Å². The summed E-state index contributed by atoms with van der Waals surface area (Å²) >= 11 is 1.72. The summed E-state index contributed by atoms with van der Waals surface area (Å²) in [6.45, 7) is 4.59. The number of carbonyl (C=O) groups excluding carboxylic acids is 1. The lowest BCUT2D eigenvalue weighted by molar-refractivity contribution is -0.127. The maximum absolute atomic E-state index is 12.1. The van der Waals surface area contributed by atoms with Crippen molar-refractivity contribution in [2.45, 2.75) is 19.0 Å². The number of carbonyl (C=O) groups is 1.